The molecule has 0 fully saturated rings. The summed E-state index contributed by atoms with van der Waals surface area (Å²) in [7, 11) is 1.33. The van der Waals surface area contributed by atoms with E-state index < -0.39 is 11.7 Å². The molecule has 3 rings (SSSR count). The maximum Gasteiger partial charge on any atom is 0.262 e. The molecule has 1 amide bonds. The Bertz CT molecular complexity index is 952. The number of nitrogens with one attached hydrogen (secondary N) is 2. The summed E-state index contributed by atoms with van der Waals surface area (Å²) in [5.74, 6) is -1.48. The predicted octanol–water partition coefficient (Wildman–Crippen LogP) is 1.16. The number of pyridine rings is 1. The Morgan fingerprint density at radius 3 is 2.96 bits per heavy atom. The number of aliphatic imine (C=N–C) groups is 1. The van der Waals surface area contributed by atoms with Gasteiger partial charge in [-0.25, -0.2) is 9.37 Å². The third-order valence-corrected chi connectivity index (χ3v) is 3.72. The summed E-state index contributed by atoms with van der Waals surface area (Å²) in [4.78, 5) is 20.6. The summed E-state index contributed by atoms with van der Waals surface area (Å²) in [5.41, 5.74) is -0.0509. The molecule has 2 aromatic rings. The average molecular weight is 355 g/mol. The quantitative estimate of drug-likeness (QED) is 0.760. The van der Waals surface area contributed by atoms with Gasteiger partial charge in [-0.2, -0.15) is 5.26 Å². The summed E-state index contributed by atoms with van der Waals surface area (Å²) in [5, 5.41) is 25.1. The Balaban J connectivity index is 2.21. The van der Waals surface area contributed by atoms with E-state index in [2.05, 4.69) is 20.6 Å². The Hall–Kier alpha value is -3.67. The Morgan fingerprint density at radius 2 is 2.31 bits per heavy atom. The minimum atomic E-state index is -0.700. The smallest absolute Gasteiger partial charge is 0.262 e. The number of phenols is 1. The van der Waals surface area contributed by atoms with Crippen LogP contribution in [-0.4, -0.2) is 42.2 Å². The van der Waals surface area contributed by atoms with Gasteiger partial charge in [-0.05, 0) is 18.2 Å². The van der Waals surface area contributed by atoms with E-state index in [0.29, 0.717) is 13.1 Å². The van der Waals surface area contributed by atoms with Gasteiger partial charge in [0.15, 0.2) is 5.96 Å². The number of guanidine groups is 1. The first-order valence-corrected chi connectivity index (χ1v) is 7.60. The Labute approximate surface area is 148 Å². The van der Waals surface area contributed by atoms with Crippen molar-refractivity contribution in [2.75, 3.05) is 20.2 Å². The number of hydrogen-bond donors (Lipinski definition) is 3. The molecular formula is C17H14FN5O3. The maximum absolute atomic E-state index is 13.8. The molecule has 0 saturated carbocycles. The van der Waals surface area contributed by atoms with Crippen LogP contribution >= 0.6 is 0 Å². The van der Waals surface area contributed by atoms with Gasteiger partial charge in [-0.3, -0.25) is 15.1 Å². The number of methoxy groups -OCH3 is 1. The molecule has 3 N–H and O–H groups in total. The van der Waals surface area contributed by atoms with Crippen LogP contribution in [0.1, 0.15) is 15.9 Å². The number of hydrogen-bond acceptors (Lipinski definition) is 7. The monoisotopic (exact) mass is 355 g/mol. The molecule has 0 saturated heterocycles. The van der Waals surface area contributed by atoms with E-state index in [1.165, 1.54) is 19.2 Å². The van der Waals surface area contributed by atoms with E-state index in [-0.39, 0.29) is 39.8 Å². The number of benzene rings is 1. The number of nitriles is 1. The van der Waals surface area contributed by atoms with Gasteiger partial charge in [0.1, 0.15) is 11.6 Å². The molecule has 2 heterocycles. The molecule has 9 heteroatoms. The second-order valence-corrected chi connectivity index (χ2v) is 5.32. The fraction of sp³-hybridized carbons (Fsp3) is 0.176. The Kier molecular flexibility index (Phi) is 4.66. The molecule has 0 aliphatic carbocycles. The molecule has 0 atom stereocenters. The first kappa shape index (κ1) is 17.2. The fourth-order valence-corrected chi connectivity index (χ4v) is 2.61. The summed E-state index contributed by atoms with van der Waals surface area (Å²) in [6.45, 7) is 1.09. The van der Waals surface area contributed by atoms with Gasteiger partial charge in [0.25, 0.3) is 5.91 Å². The summed E-state index contributed by atoms with van der Waals surface area (Å²) in [6, 6.07) is 5.58. The van der Waals surface area contributed by atoms with Crippen molar-refractivity contribution >= 4 is 11.9 Å². The van der Waals surface area contributed by atoms with E-state index in [4.69, 9.17) is 4.74 Å². The molecule has 0 radical (unpaired) electrons. The van der Waals surface area contributed by atoms with Gasteiger partial charge in [-0.15, -0.1) is 0 Å². The predicted molar refractivity (Wildman–Crippen MR) is 90.3 cm³/mol. The van der Waals surface area contributed by atoms with E-state index in [1.807, 2.05) is 6.07 Å². The Morgan fingerprint density at radius 1 is 1.50 bits per heavy atom. The van der Waals surface area contributed by atoms with Crippen molar-refractivity contribution in [1.82, 2.24) is 15.6 Å². The number of rotatable bonds is 3. The van der Waals surface area contributed by atoms with Crippen molar-refractivity contribution < 1.29 is 19.0 Å². The van der Waals surface area contributed by atoms with E-state index in [9.17, 15) is 19.6 Å². The van der Waals surface area contributed by atoms with Crippen molar-refractivity contribution in [3.05, 3.63) is 41.3 Å². The van der Waals surface area contributed by atoms with Gasteiger partial charge in [0, 0.05) is 17.7 Å². The van der Waals surface area contributed by atoms with Gasteiger partial charge in [0.05, 0.1) is 37.0 Å². The number of amides is 1. The van der Waals surface area contributed by atoms with E-state index >= 15 is 0 Å². The van der Waals surface area contributed by atoms with Crippen LogP contribution < -0.4 is 15.4 Å². The molecule has 0 unspecified atom stereocenters. The lowest BCUT2D eigenvalue weighted by Crippen LogP contribution is -2.38. The third-order valence-electron chi connectivity index (χ3n) is 3.72. The fourth-order valence-electron chi connectivity index (χ4n) is 2.61. The number of nitrogens with zero attached hydrogens (tertiary/aromatic N) is 3. The second kappa shape index (κ2) is 7.06. The zero-order valence-corrected chi connectivity index (χ0v) is 13.7. The number of ether oxygens (including phenoxy) is 1. The van der Waals surface area contributed by atoms with Gasteiger partial charge < -0.3 is 15.2 Å². The molecule has 8 nitrogen and oxygen atoms in total. The maximum atomic E-state index is 13.8. The number of carbonyl (C=O) groups excluding carboxylic acids is 1. The highest BCUT2D eigenvalue weighted by Crippen LogP contribution is 2.37. The number of carbonyl (C=O) groups is 1. The molecular weight excluding hydrogens is 341 g/mol. The lowest BCUT2D eigenvalue weighted by molar-refractivity contribution is 0.0974. The highest BCUT2D eigenvalue weighted by molar-refractivity contribution is 6.12. The highest BCUT2D eigenvalue weighted by Gasteiger charge is 2.25. The van der Waals surface area contributed by atoms with Crippen molar-refractivity contribution in [1.29, 1.82) is 5.26 Å². The van der Waals surface area contributed by atoms with E-state index in [1.54, 1.807) is 0 Å². The first-order chi connectivity index (χ1) is 12.5. The molecule has 1 aliphatic heterocycles. The van der Waals surface area contributed by atoms with Crippen LogP contribution in [0.3, 0.4) is 0 Å². The minimum absolute atomic E-state index is 0.0129. The van der Waals surface area contributed by atoms with Crippen molar-refractivity contribution in [3.8, 4) is 28.8 Å². The second-order valence-electron chi connectivity index (χ2n) is 5.32. The molecule has 1 aliphatic rings. The first-order valence-electron chi connectivity index (χ1n) is 7.60. The van der Waals surface area contributed by atoms with Crippen LogP contribution in [0.25, 0.3) is 11.1 Å². The van der Waals surface area contributed by atoms with Crippen LogP contribution in [0, 0.1) is 17.1 Å². The van der Waals surface area contributed by atoms with Gasteiger partial charge in [0.2, 0.25) is 5.88 Å². The largest absolute Gasteiger partial charge is 0.507 e. The van der Waals surface area contributed by atoms with Gasteiger partial charge >= 0.3 is 0 Å². The summed E-state index contributed by atoms with van der Waals surface area (Å²) in [6.07, 6.45) is 0.952. The van der Waals surface area contributed by atoms with Crippen LogP contribution in [0.4, 0.5) is 4.39 Å². The molecule has 132 valence electrons. The van der Waals surface area contributed by atoms with Gasteiger partial charge in [-0.1, -0.05) is 0 Å². The number of halogens is 1. The van der Waals surface area contributed by atoms with Crippen molar-refractivity contribution in [3.63, 3.8) is 0 Å². The topological polar surface area (TPSA) is 120 Å². The lowest BCUT2D eigenvalue weighted by Gasteiger charge is -2.15. The molecule has 1 aromatic carbocycles. The average Bonchev–Trinajstić information content (AvgIpc) is 3.14. The zero-order chi connectivity index (χ0) is 18.7. The molecule has 0 spiro atoms. The lowest BCUT2D eigenvalue weighted by atomic mass is 9.94. The van der Waals surface area contributed by atoms with Crippen molar-refractivity contribution in [2.24, 2.45) is 4.99 Å². The minimum Gasteiger partial charge on any atom is -0.507 e. The number of aromatic hydroxyl groups is 1. The van der Waals surface area contributed by atoms with E-state index in [0.717, 1.165) is 12.3 Å². The number of aromatic nitrogens is 1. The molecule has 0 bridgehead atoms. The third kappa shape index (κ3) is 3.12. The summed E-state index contributed by atoms with van der Waals surface area (Å²) < 4.78 is 18.9. The SMILES string of the molecule is COc1ncc(F)cc1-c1c(C#N)ccc(O)c1C(=O)NC1=NCCN1. The highest BCUT2D eigenvalue weighted by atomic mass is 19.1. The normalized spacial score (nSPS) is 12.7. The molecule has 1 aromatic heterocycles. The van der Waals surface area contributed by atoms with Crippen LogP contribution in [0.2, 0.25) is 0 Å². The summed E-state index contributed by atoms with van der Waals surface area (Å²) >= 11 is 0. The van der Waals surface area contributed by atoms with Crippen molar-refractivity contribution in [2.45, 2.75) is 0 Å². The molecule has 26 heavy (non-hydrogen) atoms. The number of phenolic OH excluding ortho intramolecular Hbond substituents is 1. The van der Waals surface area contributed by atoms with Crippen LogP contribution in [0.15, 0.2) is 29.4 Å². The van der Waals surface area contributed by atoms with Crippen LogP contribution in [-0.2, 0) is 0 Å². The zero-order valence-electron chi connectivity index (χ0n) is 13.7. The van der Waals surface area contributed by atoms with Crippen LogP contribution in [0.5, 0.6) is 11.6 Å². The standard InChI is InChI=1S/C17H14FN5O3/c1-26-16-11(6-10(18)8-22-16)13-9(7-19)2-3-12(24)14(13)15(25)23-17-20-4-5-21-17/h2-3,6,8,24H,4-5H2,1H3,(H2,20,21,23,25).